The summed E-state index contributed by atoms with van der Waals surface area (Å²) in [6.07, 6.45) is 5.86. The van der Waals surface area contributed by atoms with E-state index in [1.807, 2.05) is 36.6 Å². The molecule has 4 nitrogen and oxygen atoms in total. The van der Waals surface area contributed by atoms with Gasteiger partial charge in [-0.15, -0.1) is 11.3 Å². The third-order valence-electron chi connectivity index (χ3n) is 4.39. The molecule has 2 heterocycles. The lowest BCUT2D eigenvalue weighted by atomic mass is 10.1. The number of carbonyl (C=O) groups is 1. The van der Waals surface area contributed by atoms with E-state index in [-0.39, 0.29) is 11.9 Å². The highest BCUT2D eigenvalue weighted by molar-refractivity contribution is 8.00. The number of piperidine rings is 1. The Morgan fingerprint density at radius 2 is 2.00 bits per heavy atom. The highest BCUT2D eigenvalue weighted by Crippen LogP contribution is 2.32. The number of nitrogens with one attached hydrogen (secondary N) is 1. The number of amides is 1. The first kappa shape index (κ1) is 18.4. The summed E-state index contributed by atoms with van der Waals surface area (Å²) in [5.74, 6) is -0.0128. The van der Waals surface area contributed by atoms with Crippen molar-refractivity contribution in [1.82, 2.24) is 15.2 Å². The highest BCUT2D eigenvalue weighted by Gasteiger charge is 2.21. The molecule has 0 radical (unpaired) electrons. The quantitative estimate of drug-likeness (QED) is 0.771. The number of likely N-dealkylation sites (tertiary alicyclic amines) is 1. The van der Waals surface area contributed by atoms with Gasteiger partial charge in [0.05, 0.1) is 5.69 Å². The standard InChI is InChI=1S/C19H25N3OS2/c1-14(13-22-11-7-4-8-12-22)20-18(23)17-16(21-19(24-2)25-17)15-9-5-3-6-10-15/h3,5-6,9-10,14H,4,7-8,11-13H2,1-2H3,(H,20,23). The van der Waals surface area contributed by atoms with Crippen LogP contribution in [-0.2, 0) is 0 Å². The van der Waals surface area contributed by atoms with Crippen molar-refractivity contribution < 1.29 is 4.79 Å². The Hall–Kier alpha value is -1.37. The normalized spacial score (nSPS) is 16.6. The molecule has 0 bridgehead atoms. The zero-order valence-corrected chi connectivity index (χ0v) is 16.5. The van der Waals surface area contributed by atoms with E-state index in [4.69, 9.17) is 0 Å². The molecule has 1 aromatic carbocycles. The molecular formula is C19H25N3OS2. The molecule has 1 N–H and O–H groups in total. The predicted octanol–water partition coefficient (Wildman–Crippen LogP) is 4.14. The zero-order chi connectivity index (χ0) is 17.6. The van der Waals surface area contributed by atoms with Crippen LogP contribution in [0.5, 0.6) is 0 Å². The third-order valence-corrected chi connectivity index (χ3v) is 6.43. The van der Waals surface area contributed by atoms with Crippen molar-refractivity contribution in [3.05, 3.63) is 35.2 Å². The Bertz CT molecular complexity index is 696. The zero-order valence-electron chi connectivity index (χ0n) is 14.8. The molecule has 6 heteroatoms. The van der Waals surface area contributed by atoms with Crippen molar-refractivity contribution in [2.75, 3.05) is 25.9 Å². The number of thioether (sulfide) groups is 1. The van der Waals surface area contributed by atoms with Crippen molar-refractivity contribution >= 4 is 29.0 Å². The summed E-state index contributed by atoms with van der Waals surface area (Å²) in [5.41, 5.74) is 1.78. The highest BCUT2D eigenvalue weighted by atomic mass is 32.2. The van der Waals surface area contributed by atoms with Gasteiger partial charge < -0.3 is 10.2 Å². The van der Waals surface area contributed by atoms with E-state index in [0.717, 1.165) is 35.2 Å². The van der Waals surface area contributed by atoms with Gasteiger partial charge in [0.25, 0.3) is 5.91 Å². The second-order valence-electron chi connectivity index (χ2n) is 6.46. The van der Waals surface area contributed by atoms with Gasteiger partial charge in [0.1, 0.15) is 4.88 Å². The second-order valence-corrected chi connectivity index (χ2v) is 8.52. The number of carbonyl (C=O) groups excluding carboxylic acids is 1. The topological polar surface area (TPSA) is 45.2 Å². The molecule has 1 amide bonds. The van der Waals surface area contributed by atoms with Crippen molar-refractivity contribution in [3.8, 4) is 11.3 Å². The molecule has 1 aliphatic rings. The van der Waals surface area contributed by atoms with Crippen LogP contribution in [0.2, 0.25) is 0 Å². The van der Waals surface area contributed by atoms with Crippen LogP contribution in [0, 0.1) is 0 Å². The van der Waals surface area contributed by atoms with Crippen molar-refractivity contribution in [2.45, 2.75) is 36.6 Å². The van der Waals surface area contributed by atoms with E-state index in [1.54, 1.807) is 11.8 Å². The average Bonchev–Trinajstić information content (AvgIpc) is 3.08. The Kier molecular flexibility index (Phi) is 6.51. The van der Waals surface area contributed by atoms with Crippen LogP contribution in [0.3, 0.4) is 0 Å². The molecule has 0 aliphatic carbocycles. The van der Waals surface area contributed by atoms with Crippen LogP contribution in [0.4, 0.5) is 0 Å². The minimum Gasteiger partial charge on any atom is -0.348 e. The molecule has 134 valence electrons. The molecule has 0 saturated carbocycles. The van der Waals surface area contributed by atoms with E-state index in [9.17, 15) is 4.79 Å². The van der Waals surface area contributed by atoms with Crippen molar-refractivity contribution in [3.63, 3.8) is 0 Å². The molecule has 1 aromatic heterocycles. The van der Waals surface area contributed by atoms with E-state index in [2.05, 4.69) is 22.1 Å². The Morgan fingerprint density at radius 1 is 1.28 bits per heavy atom. The summed E-state index contributed by atoms with van der Waals surface area (Å²) < 4.78 is 0.924. The van der Waals surface area contributed by atoms with Gasteiger partial charge in [-0.25, -0.2) is 4.98 Å². The summed E-state index contributed by atoms with van der Waals surface area (Å²) in [7, 11) is 0. The fraction of sp³-hybridized carbons (Fsp3) is 0.474. The molecule has 1 unspecified atom stereocenters. The van der Waals surface area contributed by atoms with Gasteiger partial charge in [0, 0.05) is 18.2 Å². The number of nitrogens with zero attached hydrogens (tertiary/aromatic N) is 2. The number of thiazole rings is 1. The number of rotatable bonds is 6. The number of benzene rings is 1. The smallest absolute Gasteiger partial charge is 0.263 e. The van der Waals surface area contributed by atoms with Gasteiger partial charge in [-0.2, -0.15) is 0 Å². The monoisotopic (exact) mass is 375 g/mol. The predicted molar refractivity (Wildman–Crippen MR) is 107 cm³/mol. The van der Waals surface area contributed by atoms with Crippen LogP contribution < -0.4 is 5.32 Å². The maximum atomic E-state index is 12.9. The first-order valence-electron chi connectivity index (χ1n) is 8.81. The minimum atomic E-state index is -0.0128. The van der Waals surface area contributed by atoms with E-state index < -0.39 is 0 Å². The van der Waals surface area contributed by atoms with Crippen LogP contribution in [0.1, 0.15) is 35.9 Å². The van der Waals surface area contributed by atoms with Gasteiger partial charge in [-0.3, -0.25) is 4.79 Å². The van der Waals surface area contributed by atoms with E-state index in [1.165, 1.54) is 30.6 Å². The largest absolute Gasteiger partial charge is 0.348 e. The number of aromatic nitrogens is 1. The Balaban J connectivity index is 1.71. The van der Waals surface area contributed by atoms with Crippen molar-refractivity contribution in [1.29, 1.82) is 0 Å². The summed E-state index contributed by atoms with van der Waals surface area (Å²) in [6, 6.07) is 10.1. The molecule has 3 rings (SSSR count). The van der Waals surface area contributed by atoms with Crippen LogP contribution in [0.25, 0.3) is 11.3 Å². The van der Waals surface area contributed by atoms with Gasteiger partial charge in [0.2, 0.25) is 0 Å². The van der Waals surface area contributed by atoms with Gasteiger partial charge >= 0.3 is 0 Å². The average molecular weight is 376 g/mol. The molecule has 25 heavy (non-hydrogen) atoms. The van der Waals surface area contributed by atoms with Crippen LogP contribution in [-0.4, -0.2) is 47.7 Å². The first-order chi connectivity index (χ1) is 12.2. The summed E-state index contributed by atoms with van der Waals surface area (Å²) in [5, 5.41) is 3.17. The fourth-order valence-corrected chi connectivity index (χ4v) is 4.69. The van der Waals surface area contributed by atoms with Crippen LogP contribution >= 0.6 is 23.1 Å². The summed E-state index contributed by atoms with van der Waals surface area (Å²) >= 11 is 3.06. The molecular weight excluding hydrogens is 350 g/mol. The van der Waals surface area contributed by atoms with Gasteiger partial charge in [-0.1, -0.05) is 48.5 Å². The van der Waals surface area contributed by atoms with E-state index in [0.29, 0.717) is 4.88 Å². The van der Waals surface area contributed by atoms with Crippen LogP contribution in [0.15, 0.2) is 34.7 Å². The summed E-state index contributed by atoms with van der Waals surface area (Å²) in [4.78, 5) is 20.7. The minimum absolute atomic E-state index is 0.0128. The Labute approximate surface area is 158 Å². The molecule has 1 aliphatic heterocycles. The lowest BCUT2D eigenvalue weighted by molar-refractivity contribution is 0.0930. The fourth-order valence-electron chi connectivity index (χ4n) is 3.20. The van der Waals surface area contributed by atoms with Gasteiger partial charge in [-0.05, 0) is 39.1 Å². The second kappa shape index (κ2) is 8.83. The first-order valence-corrected chi connectivity index (χ1v) is 10.8. The maximum Gasteiger partial charge on any atom is 0.263 e. The molecule has 1 saturated heterocycles. The number of hydrogen-bond donors (Lipinski definition) is 1. The summed E-state index contributed by atoms with van der Waals surface area (Å²) in [6.45, 7) is 5.30. The number of hydrogen-bond acceptors (Lipinski definition) is 5. The molecule has 0 spiro atoms. The molecule has 2 aromatic rings. The van der Waals surface area contributed by atoms with Crippen molar-refractivity contribution in [2.24, 2.45) is 0 Å². The molecule has 1 fully saturated rings. The third kappa shape index (κ3) is 4.84. The SMILES string of the molecule is CSc1nc(-c2ccccc2)c(C(=O)NC(C)CN2CCCCC2)s1. The van der Waals surface area contributed by atoms with Gasteiger partial charge in [0.15, 0.2) is 4.34 Å². The Morgan fingerprint density at radius 3 is 2.68 bits per heavy atom. The maximum absolute atomic E-state index is 12.9. The lowest BCUT2D eigenvalue weighted by Crippen LogP contribution is -2.43. The molecule has 1 atom stereocenters. The lowest BCUT2D eigenvalue weighted by Gasteiger charge is -2.29. The van der Waals surface area contributed by atoms with E-state index >= 15 is 0 Å².